The van der Waals surface area contributed by atoms with Crippen LogP contribution in [0.4, 0.5) is 13.2 Å². The van der Waals surface area contributed by atoms with E-state index >= 15 is 0 Å². The van der Waals surface area contributed by atoms with Gasteiger partial charge in [0.25, 0.3) is 5.60 Å². The molecule has 1 aromatic carbocycles. The molecular weight excluding hydrogens is 541 g/mol. The zero-order chi connectivity index (χ0) is 30.2. The van der Waals surface area contributed by atoms with Crippen molar-refractivity contribution in [2.45, 2.75) is 121 Å². The van der Waals surface area contributed by atoms with Gasteiger partial charge in [-0.05, 0) is 41.8 Å². The molecule has 222 valence electrons. The van der Waals surface area contributed by atoms with E-state index in [-0.39, 0.29) is 28.2 Å². The summed E-state index contributed by atoms with van der Waals surface area (Å²) in [6.07, 6.45) is -6.29. The van der Waals surface area contributed by atoms with Gasteiger partial charge in [0.05, 0.1) is 12.2 Å². The number of ether oxygens (including phenoxy) is 2. The highest BCUT2D eigenvalue weighted by atomic mass is 28.4. The lowest BCUT2D eigenvalue weighted by Gasteiger charge is -2.47. The number of carbonyl (C=O) groups excluding carboxylic acids is 1. The third kappa shape index (κ3) is 7.06. The van der Waals surface area contributed by atoms with E-state index in [0.29, 0.717) is 12.0 Å². The Hall–Kier alpha value is -1.47. The minimum atomic E-state index is -5.07. The number of rotatable bonds is 8. The number of methoxy groups -OCH3 is 1. The van der Waals surface area contributed by atoms with Crippen LogP contribution in [-0.2, 0) is 28.7 Å². The lowest BCUT2D eigenvalue weighted by molar-refractivity contribution is -0.278. The first-order chi connectivity index (χ1) is 17.5. The fraction of sp³-hybridized carbons (Fsp3) is 0.690. The van der Waals surface area contributed by atoms with Gasteiger partial charge in [-0.2, -0.15) is 13.2 Å². The van der Waals surface area contributed by atoms with Crippen molar-refractivity contribution in [1.29, 1.82) is 0 Å². The molecule has 1 aliphatic carbocycles. The number of hydrogen-bond acceptors (Lipinski definition) is 5. The van der Waals surface area contributed by atoms with Gasteiger partial charge in [0.1, 0.15) is 6.10 Å². The van der Waals surface area contributed by atoms with Crippen LogP contribution in [0.25, 0.3) is 0 Å². The van der Waals surface area contributed by atoms with Crippen LogP contribution in [0.3, 0.4) is 0 Å². The first kappa shape index (κ1) is 33.7. The van der Waals surface area contributed by atoms with Crippen LogP contribution >= 0.6 is 0 Å². The molecule has 0 bridgehead atoms. The van der Waals surface area contributed by atoms with E-state index in [0.717, 1.165) is 7.11 Å². The number of benzene rings is 1. The summed E-state index contributed by atoms with van der Waals surface area (Å²) in [6.45, 7) is 25.3. The normalized spacial score (nSPS) is 23.3. The second-order valence-corrected chi connectivity index (χ2v) is 23.1. The van der Waals surface area contributed by atoms with E-state index in [1.54, 1.807) is 6.07 Å². The van der Waals surface area contributed by atoms with Crippen molar-refractivity contribution in [1.82, 2.24) is 0 Å². The highest BCUT2D eigenvalue weighted by Gasteiger charge is 2.64. The Kier molecular flexibility index (Phi) is 9.89. The molecule has 1 aromatic rings. The van der Waals surface area contributed by atoms with E-state index < -0.39 is 46.6 Å². The van der Waals surface area contributed by atoms with Gasteiger partial charge in [0.2, 0.25) is 0 Å². The van der Waals surface area contributed by atoms with Crippen LogP contribution in [0.15, 0.2) is 42.5 Å². The summed E-state index contributed by atoms with van der Waals surface area (Å²) < 4.78 is 67.6. The third-order valence-electron chi connectivity index (χ3n) is 8.71. The summed E-state index contributed by atoms with van der Waals surface area (Å²) in [5, 5.41) is -0.195. The molecule has 4 atom stereocenters. The summed E-state index contributed by atoms with van der Waals surface area (Å²) in [7, 11) is -3.69. The summed E-state index contributed by atoms with van der Waals surface area (Å²) in [5.41, 5.74) is -3.18. The predicted octanol–water partition coefficient (Wildman–Crippen LogP) is 8.13. The van der Waals surface area contributed by atoms with Crippen molar-refractivity contribution < 1.29 is 36.3 Å². The minimum Gasteiger partial charge on any atom is -0.455 e. The Morgan fingerprint density at radius 2 is 1.31 bits per heavy atom. The fourth-order valence-electron chi connectivity index (χ4n) is 4.15. The van der Waals surface area contributed by atoms with Crippen molar-refractivity contribution in [3.63, 3.8) is 0 Å². The summed E-state index contributed by atoms with van der Waals surface area (Å²) in [6, 6.07) is 6.84. The van der Waals surface area contributed by atoms with Gasteiger partial charge in [-0.15, -0.1) is 0 Å². The maximum atomic E-state index is 14.5. The van der Waals surface area contributed by atoms with Crippen LogP contribution in [0, 0.1) is 0 Å². The van der Waals surface area contributed by atoms with Crippen molar-refractivity contribution >= 4 is 22.6 Å². The number of alkyl halides is 3. The molecule has 1 aliphatic rings. The second-order valence-electron chi connectivity index (χ2n) is 13.6. The molecule has 10 heteroatoms. The summed E-state index contributed by atoms with van der Waals surface area (Å²) in [5.74, 6) is -1.53. The molecule has 0 spiro atoms. The molecule has 2 rings (SSSR count). The predicted molar refractivity (Wildman–Crippen MR) is 154 cm³/mol. The maximum absolute atomic E-state index is 14.5. The lowest BCUT2D eigenvalue weighted by atomic mass is 9.87. The molecule has 1 fully saturated rings. The Bertz CT molecular complexity index is 1010. The number of carbonyl (C=O) groups is 1. The van der Waals surface area contributed by atoms with Crippen molar-refractivity contribution in [2.75, 3.05) is 7.11 Å². The van der Waals surface area contributed by atoms with Crippen molar-refractivity contribution in [3.8, 4) is 0 Å². The molecule has 1 saturated carbocycles. The molecule has 0 aromatic heterocycles. The van der Waals surface area contributed by atoms with E-state index in [9.17, 15) is 18.0 Å². The summed E-state index contributed by atoms with van der Waals surface area (Å²) in [4.78, 5) is 13.5. The van der Waals surface area contributed by atoms with Crippen LogP contribution < -0.4 is 0 Å². The molecule has 0 unspecified atom stereocenters. The van der Waals surface area contributed by atoms with Gasteiger partial charge < -0.3 is 18.3 Å². The topological polar surface area (TPSA) is 54.0 Å². The minimum absolute atomic E-state index is 0.0851. The molecule has 0 aliphatic heterocycles. The zero-order valence-electron chi connectivity index (χ0n) is 25.4. The van der Waals surface area contributed by atoms with Gasteiger partial charge >= 0.3 is 12.1 Å². The maximum Gasteiger partial charge on any atom is 0.432 e. The van der Waals surface area contributed by atoms with E-state index in [1.165, 1.54) is 24.3 Å². The first-order valence-electron chi connectivity index (χ1n) is 13.4. The van der Waals surface area contributed by atoms with Crippen LogP contribution in [-0.4, -0.2) is 54.2 Å². The molecule has 0 N–H and O–H groups in total. The standard InChI is InChI=1S/C29H47F3O5Si2/c1-20-23(35-25(33)28(34-8,29(30,31)32)21-16-14-13-15-17-21)18-22(36-38(9,10)26(2,3)4)19-24(20)37-39(11,12)27(5,6)7/h13-17,22-24H,1,18-19H2,2-12H3/t22-,23+,24+,28+/m1/s1. The Balaban J connectivity index is 2.50. The molecular formula is C29H47F3O5Si2. The molecule has 0 heterocycles. The summed E-state index contributed by atoms with van der Waals surface area (Å²) >= 11 is 0. The molecule has 0 amide bonds. The fourth-order valence-corrected chi connectivity index (χ4v) is 6.84. The van der Waals surface area contributed by atoms with Crippen LogP contribution in [0.5, 0.6) is 0 Å². The van der Waals surface area contributed by atoms with Gasteiger partial charge in [-0.25, -0.2) is 4.79 Å². The van der Waals surface area contributed by atoms with Crippen LogP contribution in [0.1, 0.15) is 59.9 Å². The largest absolute Gasteiger partial charge is 0.455 e. The second kappa shape index (κ2) is 11.4. The van der Waals surface area contributed by atoms with E-state index in [4.69, 9.17) is 18.3 Å². The van der Waals surface area contributed by atoms with E-state index in [1.807, 2.05) is 0 Å². The van der Waals surface area contributed by atoms with Crippen LogP contribution in [0.2, 0.25) is 36.3 Å². The molecule has 0 radical (unpaired) electrons. The van der Waals surface area contributed by atoms with Crippen molar-refractivity contribution in [3.05, 3.63) is 48.0 Å². The van der Waals surface area contributed by atoms with Gasteiger partial charge in [-0.1, -0.05) is 78.5 Å². The molecule has 0 saturated heterocycles. The Labute approximate surface area is 234 Å². The average Bonchev–Trinajstić information content (AvgIpc) is 2.75. The molecule has 39 heavy (non-hydrogen) atoms. The zero-order valence-corrected chi connectivity index (χ0v) is 27.4. The number of esters is 1. The molecule has 5 nitrogen and oxygen atoms in total. The van der Waals surface area contributed by atoms with Gasteiger partial charge in [0, 0.05) is 25.5 Å². The quantitative estimate of drug-likeness (QED) is 0.174. The smallest absolute Gasteiger partial charge is 0.432 e. The highest BCUT2D eigenvalue weighted by Crippen LogP contribution is 2.46. The SMILES string of the molecule is C=C1[C@@H](OC(=O)[C@@](OC)(c2ccccc2)C(F)(F)F)C[C@@H](O[Si](C)(C)C(C)(C)C)C[C@@H]1O[Si](C)(C)C(C)(C)C. The van der Waals surface area contributed by atoms with Gasteiger partial charge in [-0.3, -0.25) is 0 Å². The monoisotopic (exact) mass is 588 g/mol. The van der Waals surface area contributed by atoms with Gasteiger partial charge in [0.15, 0.2) is 16.6 Å². The average molecular weight is 589 g/mol. The Morgan fingerprint density at radius 3 is 1.74 bits per heavy atom. The third-order valence-corrected chi connectivity index (χ3v) is 17.7. The lowest BCUT2D eigenvalue weighted by Crippen LogP contribution is -2.55. The Morgan fingerprint density at radius 1 is 0.846 bits per heavy atom. The number of hydrogen-bond donors (Lipinski definition) is 0. The number of halogens is 3. The van der Waals surface area contributed by atoms with Crippen molar-refractivity contribution in [2.24, 2.45) is 0 Å². The highest BCUT2D eigenvalue weighted by molar-refractivity contribution is 6.74. The van der Waals surface area contributed by atoms with E-state index in [2.05, 4.69) is 74.3 Å². The first-order valence-corrected chi connectivity index (χ1v) is 19.2.